The molecule has 0 aliphatic carbocycles. The lowest BCUT2D eigenvalue weighted by molar-refractivity contribution is -0.115. The highest BCUT2D eigenvalue weighted by atomic mass is 32.2. The van der Waals surface area contributed by atoms with Crippen molar-refractivity contribution in [2.45, 2.75) is 52.4 Å². The smallest absolute Gasteiger partial charge is 0.228 e. The molecule has 0 unspecified atom stereocenters. The third-order valence-corrected chi connectivity index (χ3v) is 5.04. The largest absolute Gasteiger partial charge is 0.326 e. The van der Waals surface area contributed by atoms with E-state index in [9.17, 15) is 9.59 Å². The zero-order chi connectivity index (χ0) is 15.9. The Morgan fingerprint density at radius 3 is 2.77 bits per heavy atom. The highest BCUT2D eigenvalue weighted by molar-refractivity contribution is 7.99. The molecule has 1 amide bonds. The number of carbonyl (C=O) groups excluding carboxylic acids is 2. The Labute approximate surface area is 137 Å². The Kier molecular flexibility index (Phi) is 6.49. The van der Waals surface area contributed by atoms with Crippen molar-refractivity contribution in [1.29, 1.82) is 0 Å². The fourth-order valence-electron chi connectivity index (χ4n) is 2.73. The monoisotopic (exact) mass is 319 g/mol. The molecule has 0 fully saturated rings. The number of fused-ring (bicyclic) bond motifs is 1. The molecule has 1 aliphatic rings. The van der Waals surface area contributed by atoms with E-state index in [1.54, 1.807) is 11.8 Å². The Hall–Kier alpha value is -1.29. The predicted octanol–water partition coefficient (Wildman–Crippen LogP) is 4.38. The number of Topliss-reactive ketones (excluding diaryl/α,β-unsaturated/α-hetero) is 1. The summed E-state index contributed by atoms with van der Waals surface area (Å²) in [5, 5.41) is 2.83. The van der Waals surface area contributed by atoms with Crippen molar-refractivity contribution >= 4 is 29.1 Å². The van der Waals surface area contributed by atoms with E-state index in [-0.39, 0.29) is 11.7 Å². The molecule has 22 heavy (non-hydrogen) atoms. The number of benzene rings is 1. The fraction of sp³-hybridized carbons (Fsp3) is 0.556. The normalized spacial score (nSPS) is 13.1. The first-order valence-electron chi connectivity index (χ1n) is 8.16. The van der Waals surface area contributed by atoms with Gasteiger partial charge in [-0.05, 0) is 42.4 Å². The lowest BCUT2D eigenvalue weighted by atomic mass is 10.0. The summed E-state index contributed by atoms with van der Waals surface area (Å²) in [4.78, 5) is 23.8. The number of thioether (sulfide) groups is 1. The molecule has 1 N–H and O–H groups in total. The summed E-state index contributed by atoms with van der Waals surface area (Å²) < 4.78 is 0. The van der Waals surface area contributed by atoms with Crippen molar-refractivity contribution in [3.05, 3.63) is 28.8 Å². The van der Waals surface area contributed by atoms with E-state index in [2.05, 4.69) is 12.2 Å². The van der Waals surface area contributed by atoms with Crippen LogP contribution in [0.2, 0.25) is 0 Å². The van der Waals surface area contributed by atoms with Crippen molar-refractivity contribution < 1.29 is 9.59 Å². The van der Waals surface area contributed by atoms with Crippen LogP contribution in [-0.2, 0) is 11.2 Å². The van der Waals surface area contributed by atoms with Crippen molar-refractivity contribution in [3.8, 4) is 0 Å². The van der Waals surface area contributed by atoms with Gasteiger partial charge in [0.25, 0.3) is 0 Å². The molecule has 0 atom stereocenters. The van der Waals surface area contributed by atoms with E-state index < -0.39 is 0 Å². The van der Waals surface area contributed by atoms with E-state index in [1.807, 2.05) is 19.1 Å². The minimum Gasteiger partial charge on any atom is -0.326 e. The molecular formula is C18H25NO2S. The van der Waals surface area contributed by atoms with Crippen molar-refractivity contribution in [1.82, 2.24) is 0 Å². The maximum absolute atomic E-state index is 12.4. The quantitative estimate of drug-likeness (QED) is 0.543. The molecule has 0 spiro atoms. The van der Waals surface area contributed by atoms with Crippen LogP contribution in [0.5, 0.6) is 0 Å². The van der Waals surface area contributed by atoms with Gasteiger partial charge in [0.2, 0.25) is 5.91 Å². The summed E-state index contributed by atoms with van der Waals surface area (Å²) in [6.45, 7) is 4.16. The van der Waals surface area contributed by atoms with Gasteiger partial charge in [0.15, 0.2) is 5.78 Å². The minimum atomic E-state index is 0.0143. The van der Waals surface area contributed by atoms with Crippen LogP contribution >= 0.6 is 11.8 Å². The lowest BCUT2D eigenvalue weighted by Crippen LogP contribution is -2.06. The van der Waals surface area contributed by atoms with Crippen LogP contribution in [0.1, 0.15) is 60.5 Å². The van der Waals surface area contributed by atoms with Crippen LogP contribution in [0.25, 0.3) is 0 Å². The zero-order valence-electron chi connectivity index (χ0n) is 13.5. The van der Waals surface area contributed by atoms with Gasteiger partial charge in [0, 0.05) is 11.3 Å². The Morgan fingerprint density at radius 1 is 1.23 bits per heavy atom. The first-order chi connectivity index (χ1) is 10.6. The first-order valence-corrected chi connectivity index (χ1v) is 9.31. The second kappa shape index (κ2) is 8.37. The van der Waals surface area contributed by atoms with Gasteiger partial charge in [-0.2, -0.15) is 11.8 Å². The Balaban J connectivity index is 1.81. The number of aryl methyl sites for hydroxylation is 1. The molecule has 120 valence electrons. The molecule has 1 aromatic rings. The molecule has 0 saturated carbocycles. The molecule has 0 radical (unpaired) electrons. The number of ketones is 1. The molecule has 1 heterocycles. The molecular weight excluding hydrogens is 294 g/mol. The number of unbranched alkanes of at least 4 members (excludes halogenated alkanes) is 4. The maximum Gasteiger partial charge on any atom is 0.228 e. The van der Waals surface area contributed by atoms with Gasteiger partial charge >= 0.3 is 0 Å². The van der Waals surface area contributed by atoms with Crippen molar-refractivity contribution in [3.63, 3.8) is 0 Å². The molecule has 0 saturated heterocycles. The minimum absolute atomic E-state index is 0.0143. The average Bonchev–Trinajstić information content (AvgIpc) is 2.84. The standard InChI is InChI=1S/C18H25NO2S/c1-3-4-5-6-7-8-22-12-17(20)15-10-14-11-18(21)19-16(14)9-13(15)2/h9-10H,3-8,11-12H2,1-2H3,(H,19,21). The van der Waals surface area contributed by atoms with E-state index in [0.717, 1.165) is 28.1 Å². The summed E-state index contributed by atoms with van der Waals surface area (Å²) >= 11 is 1.72. The van der Waals surface area contributed by atoms with Crippen LogP contribution in [0, 0.1) is 6.92 Å². The molecule has 4 heteroatoms. The Bertz CT molecular complexity index is 554. The van der Waals surface area contributed by atoms with E-state index in [1.165, 1.54) is 32.1 Å². The summed E-state index contributed by atoms with van der Waals surface area (Å²) in [5.74, 6) is 1.78. The average molecular weight is 319 g/mol. The van der Waals surface area contributed by atoms with Gasteiger partial charge in [-0.1, -0.05) is 32.6 Å². The highest BCUT2D eigenvalue weighted by Gasteiger charge is 2.20. The summed E-state index contributed by atoms with van der Waals surface area (Å²) in [7, 11) is 0. The molecule has 1 aliphatic heterocycles. The third kappa shape index (κ3) is 4.60. The Morgan fingerprint density at radius 2 is 2.00 bits per heavy atom. The van der Waals surface area contributed by atoms with Crippen LogP contribution in [0.3, 0.4) is 0 Å². The third-order valence-electron chi connectivity index (χ3n) is 4.00. The van der Waals surface area contributed by atoms with Crippen LogP contribution in [0.4, 0.5) is 5.69 Å². The van der Waals surface area contributed by atoms with Crippen LogP contribution in [-0.4, -0.2) is 23.2 Å². The summed E-state index contributed by atoms with van der Waals surface area (Å²) in [6.07, 6.45) is 6.72. The van der Waals surface area contributed by atoms with Gasteiger partial charge in [0.05, 0.1) is 12.2 Å². The van der Waals surface area contributed by atoms with E-state index >= 15 is 0 Å². The first kappa shape index (κ1) is 17.1. The number of amides is 1. The topological polar surface area (TPSA) is 46.2 Å². The van der Waals surface area contributed by atoms with Crippen molar-refractivity contribution in [2.75, 3.05) is 16.8 Å². The lowest BCUT2D eigenvalue weighted by Gasteiger charge is -2.08. The van der Waals surface area contributed by atoms with Gasteiger partial charge < -0.3 is 5.32 Å². The summed E-state index contributed by atoms with van der Waals surface area (Å²) in [5.41, 5.74) is 3.54. The second-order valence-electron chi connectivity index (χ2n) is 5.94. The zero-order valence-corrected chi connectivity index (χ0v) is 14.4. The van der Waals surface area contributed by atoms with Crippen molar-refractivity contribution in [2.24, 2.45) is 0 Å². The molecule has 2 rings (SSSR count). The van der Waals surface area contributed by atoms with Crippen LogP contribution < -0.4 is 5.32 Å². The molecule has 3 nitrogen and oxygen atoms in total. The number of hydrogen-bond donors (Lipinski definition) is 1. The SMILES string of the molecule is CCCCCCCSCC(=O)c1cc2c(cc1C)NC(=O)C2. The van der Waals surface area contributed by atoms with Crippen LogP contribution in [0.15, 0.2) is 12.1 Å². The van der Waals surface area contributed by atoms with Gasteiger partial charge in [0.1, 0.15) is 0 Å². The van der Waals surface area contributed by atoms with Gasteiger partial charge in [-0.25, -0.2) is 0 Å². The van der Waals surface area contributed by atoms with Gasteiger partial charge in [-0.15, -0.1) is 0 Å². The molecule has 1 aromatic carbocycles. The fourth-order valence-corrected chi connectivity index (χ4v) is 3.63. The predicted molar refractivity (Wildman–Crippen MR) is 93.9 cm³/mol. The molecule has 0 aromatic heterocycles. The van der Waals surface area contributed by atoms with Gasteiger partial charge in [-0.3, -0.25) is 9.59 Å². The maximum atomic E-state index is 12.4. The number of hydrogen-bond acceptors (Lipinski definition) is 3. The number of anilines is 1. The van der Waals surface area contributed by atoms with E-state index in [0.29, 0.717) is 12.2 Å². The molecule has 0 bridgehead atoms. The number of rotatable bonds is 9. The number of nitrogens with one attached hydrogen (secondary N) is 1. The van der Waals surface area contributed by atoms with E-state index in [4.69, 9.17) is 0 Å². The number of carbonyl (C=O) groups is 2. The highest BCUT2D eigenvalue weighted by Crippen LogP contribution is 2.27. The second-order valence-corrected chi connectivity index (χ2v) is 7.04. The summed E-state index contributed by atoms with van der Waals surface area (Å²) in [6, 6.07) is 3.82.